The number of anilines is 1. The van der Waals surface area contributed by atoms with E-state index < -0.39 is 35.8 Å². The zero-order valence-electron chi connectivity index (χ0n) is 31.5. The van der Waals surface area contributed by atoms with Crippen molar-refractivity contribution in [1.82, 2.24) is 31.5 Å². The van der Waals surface area contributed by atoms with Crippen molar-refractivity contribution in [2.75, 3.05) is 18.4 Å². The highest BCUT2D eigenvalue weighted by Gasteiger charge is 2.39. The molecule has 1 fully saturated rings. The van der Waals surface area contributed by atoms with E-state index >= 15 is 0 Å². The Hall–Kier alpha value is -7.07. The molecule has 1 saturated heterocycles. The van der Waals surface area contributed by atoms with Gasteiger partial charge in [-0.25, -0.2) is 4.79 Å². The monoisotopic (exact) mass is 788 g/mol. The van der Waals surface area contributed by atoms with Crippen LogP contribution in [0.2, 0.25) is 0 Å². The second-order valence-electron chi connectivity index (χ2n) is 13.8. The van der Waals surface area contributed by atoms with Gasteiger partial charge in [0.25, 0.3) is 5.91 Å². The Labute approximate surface area is 334 Å². The van der Waals surface area contributed by atoms with E-state index in [1.54, 1.807) is 36.4 Å². The third-order valence-electron chi connectivity index (χ3n) is 9.61. The first-order chi connectivity index (χ1) is 28.0. The number of hydrogen-bond acceptors (Lipinski definition) is 9. The number of hydrogen-bond donors (Lipinski definition) is 7. The lowest BCUT2D eigenvalue weighted by molar-refractivity contribution is -0.137. The van der Waals surface area contributed by atoms with Gasteiger partial charge in [-0.1, -0.05) is 66.7 Å². The summed E-state index contributed by atoms with van der Waals surface area (Å²) in [5, 5.41) is 15.8. The van der Waals surface area contributed by atoms with E-state index in [9.17, 15) is 33.6 Å². The molecule has 16 heteroatoms. The van der Waals surface area contributed by atoms with Gasteiger partial charge in [-0.3, -0.25) is 34.1 Å². The number of piperidine rings is 1. The van der Waals surface area contributed by atoms with Crippen LogP contribution < -0.4 is 42.4 Å². The summed E-state index contributed by atoms with van der Waals surface area (Å²) in [6, 6.07) is 26.9. The lowest BCUT2D eigenvalue weighted by Crippen LogP contribution is -2.52. The van der Waals surface area contributed by atoms with Crippen LogP contribution in [0.1, 0.15) is 51.0 Å². The van der Waals surface area contributed by atoms with Crippen molar-refractivity contribution in [1.29, 1.82) is 0 Å². The molecule has 0 aliphatic carbocycles. The molecule has 2 aliphatic rings. The second kappa shape index (κ2) is 19.2. The number of carbonyl (C=O) groups is 7. The summed E-state index contributed by atoms with van der Waals surface area (Å²) >= 11 is 0. The van der Waals surface area contributed by atoms with Crippen LogP contribution in [0.4, 0.5) is 10.5 Å². The number of rotatable bonds is 16. The largest absolute Gasteiger partial charge is 0.489 e. The van der Waals surface area contributed by atoms with E-state index in [4.69, 9.17) is 10.5 Å². The average molecular weight is 789 g/mol. The number of imide groups is 1. The molecule has 2 aliphatic heterocycles. The van der Waals surface area contributed by atoms with E-state index in [1.807, 2.05) is 60.7 Å². The van der Waals surface area contributed by atoms with Gasteiger partial charge in [-0.2, -0.15) is 0 Å². The molecule has 2 heterocycles. The number of nitrogens with one attached hydrogen (secondary N) is 6. The SMILES string of the molecule is NCC(=O)N[C@@H](Cc1ccccc1)C(=O)NCC(=O)NCc1ccc(COc2ccc(NC(=O)NCc3ccc4c(c3)CN(C3CCC(=O)NC3=O)C4=O)cc2)cc1. The van der Waals surface area contributed by atoms with Gasteiger partial charge in [0.15, 0.2) is 0 Å². The first-order valence-corrected chi connectivity index (χ1v) is 18.7. The zero-order chi connectivity index (χ0) is 41.0. The van der Waals surface area contributed by atoms with Gasteiger partial charge in [-0.15, -0.1) is 0 Å². The summed E-state index contributed by atoms with van der Waals surface area (Å²) < 4.78 is 5.90. The van der Waals surface area contributed by atoms with Crippen molar-refractivity contribution in [3.05, 3.63) is 130 Å². The standard InChI is InChI=1S/C42H44N8O8/c43-20-37(52)48-34(19-26-4-2-1-3-5-26)39(54)45-23-38(53)44-21-27-6-8-28(9-7-27)25-58-32-13-11-31(12-14-32)47-42(57)46-22-29-10-15-33-30(18-29)24-50(41(33)56)35-16-17-36(51)49-40(35)55/h1-15,18,34-35H,16-17,19-25,43H2,(H,44,53)(H,45,54)(H,48,52)(H2,46,47,57)(H,49,51,55)/t34-,35?/m0/s1. The molecular formula is C42H44N8O8. The molecule has 4 aromatic rings. The van der Waals surface area contributed by atoms with E-state index in [2.05, 4.69) is 31.9 Å². The number of carbonyl (C=O) groups excluding carboxylic acids is 7. The number of nitrogens with two attached hydrogens (primary N) is 1. The predicted octanol–water partition coefficient (Wildman–Crippen LogP) is 1.77. The van der Waals surface area contributed by atoms with Crippen molar-refractivity contribution in [2.24, 2.45) is 5.73 Å². The maximum atomic E-state index is 12.9. The highest BCUT2D eigenvalue weighted by Crippen LogP contribution is 2.28. The van der Waals surface area contributed by atoms with E-state index in [-0.39, 0.29) is 76.3 Å². The number of nitrogens with zero attached hydrogens (tertiary/aromatic N) is 1. The number of benzene rings is 4. The van der Waals surface area contributed by atoms with Crippen molar-refractivity contribution in [3.8, 4) is 5.75 Å². The maximum Gasteiger partial charge on any atom is 0.319 e. The minimum atomic E-state index is -0.878. The molecule has 4 aromatic carbocycles. The normalized spacial score (nSPS) is 15.1. The molecule has 8 amide bonds. The third kappa shape index (κ3) is 11.0. The molecule has 0 saturated carbocycles. The number of amides is 8. The maximum absolute atomic E-state index is 12.9. The first-order valence-electron chi connectivity index (χ1n) is 18.7. The highest BCUT2D eigenvalue weighted by atomic mass is 16.5. The Morgan fingerprint density at radius 1 is 0.793 bits per heavy atom. The van der Waals surface area contributed by atoms with Crippen molar-refractivity contribution >= 4 is 47.2 Å². The molecule has 16 nitrogen and oxygen atoms in total. The van der Waals surface area contributed by atoms with Gasteiger partial charge in [-0.05, 0) is 64.6 Å². The van der Waals surface area contributed by atoms with Crippen LogP contribution in [0.25, 0.3) is 0 Å². The lowest BCUT2D eigenvalue weighted by atomic mass is 10.0. The minimum absolute atomic E-state index is 0.184. The lowest BCUT2D eigenvalue weighted by Gasteiger charge is -2.29. The van der Waals surface area contributed by atoms with Gasteiger partial charge in [0.1, 0.15) is 24.4 Å². The fraction of sp³-hybridized carbons (Fsp3) is 0.262. The molecule has 300 valence electrons. The molecule has 0 radical (unpaired) electrons. The molecule has 0 bridgehead atoms. The van der Waals surface area contributed by atoms with Crippen LogP contribution in [0.5, 0.6) is 5.75 Å². The Morgan fingerprint density at radius 2 is 1.50 bits per heavy atom. The fourth-order valence-electron chi connectivity index (χ4n) is 6.52. The molecule has 8 N–H and O–H groups in total. The van der Waals surface area contributed by atoms with Crippen LogP contribution in [-0.4, -0.2) is 71.5 Å². The Bertz CT molecular complexity index is 2160. The fourth-order valence-corrected chi connectivity index (χ4v) is 6.52. The van der Waals surface area contributed by atoms with Crippen LogP contribution in [-0.2, 0) is 56.6 Å². The van der Waals surface area contributed by atoms with Crippen LogP contribution in [0, 0.1) is 0 Å². The first kappa shape index (κ1) is 40.6. The molecular weight excluding hydrogens is 745 g/mol. The van der Waals surface area contributed by atoms with Crippen LogP contribution in [0.15, 0.2) is 97.1 Å². The molecule has 2 atom stereocenters. The van der Waals surface area contributed by atoms with Crippen LogP contribution >= 0.6 is 0 Å². The van der Waals surface area contributed by atoms with Crippen molar-refractivity contribution < 1.29 is 38.3 Å². The quantitative estimate of drug-likeness (QED) is 0.0820. The number of ether oxygens (including phenoxy) is 1. The second-order valence-corrected chi connectivity index (χ2v) is 13.8. The third-order valence-corrected chi connectivity index (χ3v) is 9.61. The molecule has 0 aromatic heterocycles. The summed E-state index contributed by atoms with van der Waals surface area (Å²) in [7, 11) is 0. The molecule has 58 heavy (non-hydrogen) atoms. The summed E-state index contributed by atoms with van der Waals surface area (Å²) in [6.07, 6.45) is 0.722. The molecule has 6 rings (SSSR count). The number of urea groups is 1. The van der Waals surface area contributed by atoms with Gasteiger partial charge >= 0.3 is 6.03 Å². The summed E-state index contributed by atoms with van der Waals surface area (Å²) in [6.45, 7) is 0.473. The Kier molecular flexibility index (Phi) is 13.4. The highest BCUT2D eigenvalue weighted by molar-refractivity contribution is 6.05. The predicted molar refractivity (Wildman–Crippen MR) is 212 cm³/mol. The van der Waals surface area contributed by atoms with Gasteiger partial charge < -0.3 is 42.0 Å². The Balaban J connectivity index is 0.886. The number of fused-ring (bicyclic) bond motifs is 1. The Morgan fingerprint density at radius 3 is 2.22 bits per heavy atom. The smallest absolute Gasteiger partial charge is 0.319 e. The van der Waals surface area contributed by atoms with Crippen LogP contribution in [0.3, 0.4) is 0 Å². The summed E-state index contributed by atoms with van der Waals surface area (Å²) in [4.78, 5) is 88.1. The van der Waals surface area contributed by atoms with Gasteiger partial charge in [0, 0.05) is 43.7 Å². The van der Waals surface area contributed by atoms with Gasteiger partial charge in [0.05, 0.1) is 13.1 Å². The van der Waals surface area contributed by atoms with Crippen molar-refractivity contribution in [3.63, 3.8) is 0 Å². The summed E-state index contributed by atoms with van der Waals surface area (Å²) in [5.41, 5.74) is 10.6. The van der Waals surface area contributed by atoms with Gasteiger partial charge in [0.2, 0.25) is 29.5 Å². The van der Waals surface area contributed by atoms with E-state index in [0.717, 1.165) is 27.8 Å². The van der Waals surface area contributed by atoms with E-state index in [1.165, 1.54) is 4.90 Å². The van der Waals surface area contributed by atoms with Crippen molar-refractivity contribution in [2.45, 2.75) is 57.6 Å². The molecule has 0 spiro atoms. The summed E-state index contributed by atoms with van der Waals surface area (Å²) in [5.74, 6) is -1.82. The topological polar surface area (TPSA) is 230 Å². The minimum Gasteiger partial charge on any atom is -0.489 e. The van der Waals surface area contributed by atoms with E-state index in [0.29, 0.717) is 17.0 Å². The molecule has 1 unspecified atom stereocenters. The zero-order valence-corrected chi connectivity index (χ0v) is 31.5. The average Bonchev–Trinajstić information content (AvgIpc) is 3.56.